The maximum absolute atomic E-state index is 13.0. The third-order valence-electron chi connectivity index (χ3n) is 5.09. The molecule has 0 heterocycles. The zero-order valence-corrected chi connectivity index (χ0v) is 21.7. The number of ether oxygens (including phenoxy) is 2. The smallest absolute Gasteiger partial charge is 0.416 e. The molecule has 196 valence electrons. The van der Waals surface area contributed by atoms with E-state index in [-0.39, 0.29) is 29.4 Å². The highest BCUT2D eigenvalue weighted by molar-refractivity contribution is 9.10. The van der Waals surface area contributed by atoms with Crippen molar-refractivity contribution in [2.24, 2.45) is 0 Å². The predicted molar refractivity (Wildman–Crippen MR) is 140 cm³/mol. The van der Waals surface area contributed by atoms with Crippen molar-refractivity contribution in [1.82, 2.24) is 0 Å². The number of rotatable bonds is 8. The molecule has 7 nitrogen and oxygen atoms in total. The highest BCUT2D eigenvalue weighted by Gasteiger charge is 2.30. The number of carbonyl (C=O) groups is 2. The lowest BCUT2D eigenvalue weighted by atomic mass is 10.1. The summed E-state index contributed by atoms with van der Waals surface area (Å²) in [6, 6.07) is 16.0. The molecular weight excluding hydrogens is 567 g/mol. The van der Waals surface area contributed by atoms with Gasteiger partial charge in [0, 0.05) is 15.8 Å². The fraction of sp³-hybridized carbons (Fsp3) is 0.148. The van der Waals surface area contributed by atoms with E-state index in [9.17, 15) is 28.0 Å². The van der Waals surface area contributed by atoms with Crippen LogP contribution >= 0.6 is 15.9 Å². The van der Waals surface area contributed by atoms with Gasteiger partial charge < -0.3 is 20.1 Å². The van der Waals surface area contributed by atoms with Crippen LogP contribution < -0.4 is 20.1 Å². The van der Waals surface area contributed by atoms with E-state index < -0.39 is 23.6 Å². The van der Waals surface area contributed by atoms with Crippen LogP contribution in [0.25, 0.3) is 6.08 Å². The minimum atomic E-state index is -4.58. The van der Waals surface area contributed by atoms with Gasteiger partial charge in [0.15, 0.2) is 18.1 Å². The molecule has 38 heavy (non-hydrogen) atoms. The van der Waals surface area contributed by atoms with E-state index in [1.807, 2.05) is 19.1 Å². The van der Waals surface area contributed by atoms with Crippen molar-refractivity contribution < 1.29 is 32.2 Å². The standard InChI is InChI=1S/C27H21BrF3N3O4/c1-16-6-8-20(9-7-16)33-25(35)15-38-24-13-22(28)17(11-23(24)37-2)10-18(14-32)26(36)34-21-5-3-4-19(12-21)27(29,30)31/h3-13H,15H2,1-2H3,(H,33,35)(H,34,36)/b18-10-. The number of aryl methyl sites for hydroxylation is 1. The monoisotopic (exact) mass is 587 g/mol. The van der Waals surface area contributed by atoms with Crippen LogP contribution in [0.1, 0.15) is 16.7 Å². The molecular formula is C27H21BrF3N3O4. The summed E-state index contributed by atoms with van der Waals surface area (Å²) < 4.78 is 50.2. The zero-order valence-electron chi connectivity index (χ0n) is 20.2. The predicted octanol–water partition coefficient (Wildman–Crippen LogP) is 6.35. The number of nitrogens with one attached hydrogen (secondary N) is 2. The molecule has 0 spiro atoms. The van der Waals surface area contributed by atoms with Crippen LogP contribution in [0.15, 0.2) is 70.7 Å². The molecule has 0 unspecified atom stereocenters. The van der Waals surface area contributed by atoms with E-state index in [1.165, 1.54) is 31.4 Å². The van der Waals surface area contributed by atoms with Gasteiger partial charge in [0.2, 0.25) is 0 Å². The van der Waals surface area contributed by atoms with Crippen molar-refractivity contribution in [3.05, 3.63) is 87.4 Å². The fourth-order valence-corrected chi connectivity index (χ4v) is 3.62. The van der Waals surface area contributed by atoms with Gasteiger partial charge in [-0.25, -0.2) is 0 Å². The Hall–Kier alpha value is -4.30. The normalized spacial score (nSPS) is 11.3. The van der Waals surface area contributed by atoms with Gasteiger partial charge in [0.05, 0.1) is 12.7 Å². The zero-order chi connectivity index (χ0) is 27.9. The maximum atomic E-state index is 13.0. The third kappa shape index (κ3) is 7.60. The minimum Gasteiger partial charge on any atom is -0.493 e. The van der Waals surface area contributed by atoms with Crippen LogP contribution in [-0.2, 0) is 15.8 Å². The summed E-state index contributed by atoms with van der Waals surface area (Å²) in [7, 11) is 1.38. The van der Waals surface area contributed by atoms with E-state index in [1.54, 1.807) is 18.2 Å². The van der Waals surface area contributed by atoms with Gasteiger partial charge >= 0.3 is 6.18 Å². The summed E-state index contributed by atoms with van der Waals surface area (Å²) >= 11 is 3.34. The number of hydrogen-bond donors (Lipinski definition) is 2. The molecule has 3 rings (SSSR count). The van der Waals surface area contributed by atoms with Gasteiger partial charge in [-0.15, -0.1) is 0 Å². The molecule has 0 saturated heterocycles. The topological polar surface area (TPSA) is 100 Å². The van der Waals surface area contributed by atoms with Gasteiger partial charge in [0.25, 0.3) is 11.8 Å². The van der Waals surface area contributed by atoms with E-state index in [2.05, 4.69) is 26.6 Å². The van der Waals surface area contributed by atoms with Crippen molar-refractivity contribution in [2.45, 2.75) is 13.1 Å². The van der Waals surface area contributed by atoms with E-state index >= 15 is 0 Å². The number of anilines is 2. The minimum absolute atomic E-state index is 0.115. The van der Waals surface area contributed by atoms with Crippen molar-refractivity contribution in [2.75, 3.05) is 24.4 Å². The summed E-state index contributed by atoms with van der Waals surface area (Å²) in [4.78, 5) is 24.9. The number of hydrogen-bond acceptors (Lipinski definition) is 5. The van der Waals surface area contributed by atoms with Crippen molar-refractivity contribution >= 4 is 45.2 Å². The van der Waals surface area contributed by atoms with Crippen molar-refractivity contribution in [3.8, 4) is 17.6 Å². The van der Waals surface area contributed by atoms with Crippen LogP contribution in [0.3, 0.4) is 0 Å². The van der Waals surface area contributed by atoms with E-state index in [0.29, 0.717) is 15.7 Å². The molecule has 0 atom stereocenters. The van der Waals surface area contributed by atoms with Crippen LogP contribution in [-0.4, -0.2) is 25.5 Å². The molecule has 0 fully saturated rings. The Morgan fingerprint density at radius 2 is 1.74 bits per heavy atom. The van der Waals surface area contributed by atoms with Gasteiger partial charge in [-0.3, -0.25) is 9.59 Å². The Labute approximate surface area is 225 Å². The molecule has 2 amide bonds. The first-order valence-corrected chi connectivity index (χ1v) is 11.8. The quantitative estimate of drug-likeness (QED) is 0.236. The average Bonchev–Trinajstić information content (AvgIpc) is 2.87. The van der Waals surface area contributed by atoms with Gasteiger partial charge in [-0.05, 0) is 61.0 Å². The van der Waals surface area contributed by atoms with Crippen LogP contribution in [0, 0.1) is 18.3 Å². The number of nitriles is 1. The molecule has 3 aromatic rings. The molecule has 2 N–H and O–H groups in total. The molecule has 11 heteroatoms. The number of alkyl halides is 3. The van der Waals surface area contributed by atoms with E-state index in [0.717, 1.165) is 23.8 Å². The molecule has 0 saturated carbocycles. The lowest BCUT2D eigenvalue weighted by molar-refractivity contribution is -0.137. The Balaban J connectivity index is 1.74. The summed E-state index contributed by atoms with van der Waals surface area (Å²) in [6.45, 7) is 1.62. The molecule has 0 aliphatic heterocycles. The highest BCUT2D eigenvalue weighted by atomic mass is 79.9. The lowest BCUT2D eigenvalue weighted by Crippen LogP contribution is -2.20. The molecule has 3 aromatic carbocycles. The number of methoxy groups -OCH3 is 1. The largest absolute Gasteiger partial charge is 0.493 e. The van der Waals surface area contributed by atoms with Crippen LogP contribution in [0.2, 0.25) is 0 Å². The van der Waals surface area contributed by atoms with Gasteiger partial charge in [0.1, 0.15) is 11.6 Å². The maximum Gasteiger partial charge on any atom is 0.416 e. The molecule has 0 aliphatic rings. The molecule has 0 aromatic heterocycles. The van der Waals surface area contributed by atoms with E-state index in [4.69, 9.17) is 9.47 Å². The summed E-state index contributed by atoms with van der Waals surface area (Å²) in [5.74, 6) is -0.847. The second-order valence-corrected chi connectivity index (χ2v) is 8.78. The Morgan fingerprint density at radius 1 is 1.03 bits per heavy atom. The number of benzene rings is 3. The van der Waals surface area contributed by atoms with Crippen molar-refractivity contribution in [1.29, 1.82) is 5.26 Å². The summed E-state index contributed by atoms with van der Waals surface area (Å²) in [5, 5.41) is 14.5. The third-order valence-corrected chi connectivity index (χ3v) is 5.78. The number of carbonyl (C=O) groups excluding carboxylic acids is 2. The first-order valence-electron chi connectivity index (χ1n) is 11.0. The summed E-state index contributed by atoms with van der Waals surface area (Å²) in [5.41, 5.74) is 0.606. The average molecular weight is 588 g/mol. The van der Waals surface area contributed by atoms with Crippen LogP contribution in [0.5, 0.6) is 11.5 Å². The molecule has 0 radical (unpaired) electrons. The number of nitrogens with zero attached hydrogens (tertiary/aromatic N) is 1. The van der Waals surface area contributed by atoms with Gasteiger partial charge in [-0.2, -0.15) is 18.4 Å². The Morgan fingerprint density at radius 3 is 2.37 bits per heavy atom. The number of amides is 2. The highest BCUT2D eigenvalue weighted by Crippen LogP contribution is 2.35. The Bertz CT molecular complexity index is 1410. The van der Waals surface area contributed by atoms with Gasteiger partial charge in [-0.1, -0.05) is 39.7 Å². The van der Waals surface area contributed by atoms with Crippen molar-refractivity contribution in [3.63, 3.8) is 0 Å². The van der Waals surface area contributed by atoms with Crippen LogP contribution in [0.4, 0.5) is 24.5 Å². The lowest BCUT2D eigenvalue weighted by Gasteiger charge is -2.13. The molecule has 0 aliphatic carbocycles. The SMILES string of the molecule is COc1cc(/C=C(/C#N)C(=O)Nc2cccc(C(F)(F)F)c2)c(Br)cc1OCC(=O)Nc1ccc(C)cc1. The fourth-order valence-electron chi connectivity index (χ4n) is 3.19. The number of halogens is 4. The second-order valence-electron chi connectivity index (χ2n) is 7.93. The Kier molecular flexibility index (Phi) is 9.15. The second kappa shape index (κ2) is 12.3. The summed E-state index contributed by atoms with van der Waals surface area (Å²) in [6.07, 6.45) is -3.34. The first kappa shape index (κ1) is 28.3. The first-order chi connectivity index (χ1) is 18.0. The molecule has 0 bridgehead atoms.